The van der Waals surface area contributed by atoms with Gasteiger partial charge in [-0.15, -0.1) is 0 Å². The minimum absolute atomic E-state index is 0.148. The average molecular weight is 408 g/mol. The summed E-state index contributed by atoms with van der Waals surface area (Å²) in [5.74, 6) is 0.823. The molecule has 0 saturated heterocycles. The van der Waals surface area contributed by atoms with Crippen molar-refractivity contribution in [2.45, 2.75) is 0 Å². The molecule has 6 nitrogen and oxygen atoms in total. The number of amides is 1. The van der Waals surface area contributed by atoms with Crippen molar-refractivity contribution in [1.29, 1.82) is 0 Å². The Morgan fingerprint density at radius 2 is 2.04 bits per heavy atom. The van der Waals surface area contributed by atoms with E-state index >= 15 is 0 Å². The zero-order valence-corrected chi connectivity index (χ0v) is 16.2. The number of nitrogens with zero attached hydrogens (tertiary/aromatic N) is 1. The van der Waals surface area contributed by atoms with E-state index in [0.29, 0.717) is 32.7 Å². The zero-order chi connectivity index (χ0) is 18.7. The van der Waals surface area contributed by atoms with E-state index in [0.717, 1.165) is 4.70 Å². The van der Waals surface area contributed by atoms with Crippen molar-refractivity contribution in [2.24, 2.45) is 0 Å². The fourth-order valence-corrected chi connectivity index (χ4v) is 3.58. The van der Waals surface area contributed by atoms with Gasteiger partial charge in [0.25, 0.3) is 5.91 Å². The van der Waals surface area contributed by atoms with Crippen LogP contribution in [0.3, 0.4) is 0 Å². The molecular formula is C17H14ClN3O3S2. The summed E-state index contributed by atoms with van der Waals surface area (Å²) in [7, 11) is 3.09. The van der Waals surface area contributed by atoms with Crippen LogP contribution in [0.25, 0.3) is 10.2 Å². The van der Waals surface area contributed by atoms with Crippen LogP contribution in [0.4, 0.5) is 5.13 Å². The Morgan fingerprint density at radius 1 is 1.23 bits per heavy atom. The van der Waals surface area contributed by atoms with Crippen LogP contribution >= 0.6 is 35.2 Å². The number of anilines is 1. The van der Waals surface area contributed by atoms with Gasteiger partial charge in [-0.1, -0.05) is 29.0 Å². The van der Waals surface area contributed by atoms with E-state index in [1.165, 1.54) is 18.4 Å². The van der Waals surface area contributed by atoms with Gasteiger partial charge in [0.15, 0.2) is 10.2 Å². The Labute approximate surface area is 164 Å². The molecule has 0 atom stereocenters. The Morgan fingerprint density at radius 3 is 2.77 bits per heavy atom. The molecule has 3 aromatic rings. The van der Waals surface area contributed by atoms with Crippen molar-refractivity contribution >= 4 is 61.5 Å². The lowest BCUT2D eigenvalue weighted by atomic mass is 10.2. The van der Waals surface area contributed by atoms with E-state index in [2.05, 4.69) is 15.6 Å². The number of ether oxygens (including phenoxy) is 2. The standard InChI is InChI=1S/C17H14ClN3O3S2/c1-23-10-5-3-4-9(6-10)15(22)20-16(25)21-17-19-12-7-11(18)13(24-2)8-14(12)26-17/h3-8H,1-2H3,(H2,19,20,21,22,25). The SMILES string of the molecule is COc1cccc(C(=O)NC(=S)Nc2nc3cc(Cl)c(OC)cc3s2)c1. The van der Waals surface area contributed by atoms with Crippen molar-refractivity contribution in [3.8, 4) is 11.5 Å². The predicted molar refractivity (Wildman–Crippen MR) is 108 cm³/mol. The molecule has 134 valence electrons. The summed E-state index contributed by atoms with van der Waals surface area (Å²) in [6, 6.07) is 10.3. The Balaban J connectivity index is 1.71. The van der Waals surface area contributed by atoms with Gasteiger partial charge in [0, 0.05) is 11.6 Å². The molecule has 0 unspecified atom stereocenters. The molecule has 3 rings (SSSR count). The second kappa shape index (κ2) is 7.86. The van der Waals surface area contributed by atoms with Gasteiger partial charge in [0.1, 0.15) is 11.5 Å². The van der Waals surface area contributed by atoms with Gasteiger partial charge >= 0.3 is 0 Å². The average Bonchev–Trinajstić information content (AvgIpc) is 3.01. The number of carbonyl (C=O) groups is 1. The number of halogens is 1. The summed E-state index contributed by atoms with van der Waals surface area (Å²) in [5.41, 5.74) is 1.15. The molecule has 0 aliphatic rings. The summed E-state index contributed by atoms with van der Waals surface area (Å²) in [5, 5.41) is 6.69. The Bertz CT molecular complexity index is 991. The first-order chi connectivity index (χ1) is 12.5. The highest BCUT2D eigenvalue weighted by atomic mass is 35.5. The highest BCUT2D eigenvalue weighted by molar-refractivity contribution is 7.80. The summed E-state index contributed by atoms with van der Waals surface area (Å²) < 4.78 is 11.2. The number of aromatic nitrogens is 1. The van der Waals surface area contributed by atoms with Crippen molar-refractivity contribution < 1.29 is 14.3 Å². The van der Waals surface area contributed by atoms with Gasteiger partial charge in [-0.25, -0.2) is 4.98 Å². The lowest BCUT2D eigenvalue weighted by Gasteiger charge is -2.08. The molecule has 2 N–H and O–H groups in total. The minimum atomic E-state index is -0.341. The van der Waals surface area contributed by atoms with Crippen LogP contribution < -0.4 is 20.1 Å². The summed E-state index contributed by atoms with van der Waals surface area (Å²) in [4.78, 5) is 16.7. The van der Waals surface area contributed by atoms with Crippen LogP contribution in [-0.4, -0.2) is 30.2 Å². The zero-order valence-electron chi connectivity index (χ0n) is 13.8. The largest absolute Gasteiger partial charge is 0.497 e. The van der Waals surface area contributed by atoms with Crippen molar-refractivity contribution in [1.82, 2.24) is 10.3 Å². The number of hydrogen-bond acceptors (Lipinski definition) is 6. The molecular weight excluding hydrogens is 394 g/mol. The van der Waals surface area contributed by atoms with Crippen molar-refractivity contribution in [2.75, 3.05) is 19.5 Å². The molecule has 0 saturated carbocycles. The van der Waals surface area contributed by atoms with Crippen molar-refractivity contribution in [3.63, 3.8) is 0 Å². The number of fused-ring (bicyclic) bond motifs is 1. The molecule has 0 fully saturated rings. The molecule has 1 heterocycles. The molecule has 0 radical (unpaired) electrons. The third kappa shape index (κ3) is 4.04. The van der Waals surface area contributed by atoms with E-state index in [1.54, 1.807) is 43.5 Å². The van der Waals surface area contributed by atoms with Gasteiger partial charge in [0.05, 0.1) is 29.5 Å². The molecule has 1 amide bonds. The monoisotopic (exact) mass is 407 g/mol. The topological polar surface area (TPSA) is 72.5 Å². The second-order valence-corrected chi connectivity index (χ2v) is 6.96. The first-order valence-corrected chi connectivity index (χ1v) is 9.01. The molecule has 0 aliphatic carbocycles. The summed E-state index contributed by atoms with van der Waals surface area (Å²) in [6.45, 7) is 0. The smallest absolute Gasteiger partial charge is 0.257 e. The quantitative estimate of drug-likeness (QED) is 0.634. The van der Waals surface area contributed by atoms with Gasteiger partial charge in [-0.3, -0.25) is 10.1 Å². The first kappa shape index (κ1) is 18.4. The normalized spacial score (nSPS) is 10.4. The highest BCUT2D eigenvalue weighted by Crippen LogP contribution is 2.34. The molecule has 0 aliphatic heterocycles. The molecule has 9 heteroatoms. The molecule has 1 aromatic heterocycles. The third-order valence-corrected chi connectivity index (χ3v) is 4.87. The molecule has 0 spiro atoms. The maximum Gasteiger partial charge on any atom is 0.257 e. The fourth-order valence-electron chi connectivity index (χ4n) is 2.21. The highest BCUT2D eigenvalue weighted by Gasteiger charge is 2.12. The van der Waals surface area contributed by atoms with Crippen LogP contribution in [-0.2, 0) is 0 Å². The number of methoxy groups -OCH3 is 2. The van der Waals surface area contributed by atoms with E-state index in [-0.39, 0.29) is 11.0 Å². The Hall–Kier alpha value is -2.42. The number of thiazole rings is 1. The predicted octanol–water partition coefficient (Wildman–Crippen LogP) is 4.09. The minimum Gasteiger partial charge on any atom is -0.497 e. The van der Waals surface area contributed by atoms with Crippen molar-refractivity contribution in [3.05, 3.63) is 47.0 Å². The summed E-state index contributed by atoms with van der Waals surface area (Å²) in [6.07, 6.45) is 0. The van der Waals surface area contributed by atoms with E-state index in [9.17, 15) is 4.79 Å². The number of benzene rings is 2. The van der Waals surface area contributed by atoms with Crippen LogP contribution in [0.15, 0.2) is 36.4 Å². The number of hydrogen-bond donors (Lipinski definition) is 2. The number of thiocarbonyl (C=S) groups is 1. The molecule has 26 heavy (non-hydrogen) atoms. The Kier molecular flexibility index (Phi) is 5.55. The van der Waals surface area contributed by atoms with Gasteiger partial charge in [0.2, 0.25) is 0 Å². The maximum absolute atomic E-state index is 12.3. The van der Waals surface area contributed by atoms with E-state index in [1.807, 2.05) is 0 Å². The lowest BCUT2D eigenvalue weighted by Crippen LogP contribution is -2.34. The first-order valence-electron chi connectivity index (χ1n) is 7.40. The summed E-state index contributed by atoms with van der Waals surface area (Å²) >= 11 is 12.7. The number of carbonyl (C=O) groups excluding carboxylic acids is 1. The molecule has 2 aromatic carbocycles. The number of rotatable bonds is 4. The van der Waals surface area contributed by atoms with Gasteiger partial charge < -0.3 is 14.8 Å². The van der Waals surface area contributed by atoms with Gasteiger partial charge in [-0.05, 0) is 36.5 Å². The lowest BCUT2D eigenvalue weighted by molar-refractivity contribution is 0.0977. The van der Waals surface area contributed by atoms with Crippen LogP contribution in [0, 0.1) is 0 Å². The van der Waals surface area contributed by atoms with E-state index < -0.39 is 0 Å². The fraction of sp³-hybridized carbons (Fsp3) is 0.118. The maximum atomic E-state index is 12.3. The number of nitrogens with one attached hydrogen (secondary N) is 2. The van der Waals surface area contributed by atoms with Crippen LogP contribution in [0.5, 0.6) is 11.5 Å². The van der Waals surface area contributed by atoms with E-state index in [4.69, 9.17) is 33.3 Å². The van der Waals surface area contributed by atoms with Crippen LogP contribution in [0.1, 0.15) is 10.4 Å². The van der Waals surface area contributed by atoms with Crippen LogP contribution in [0.2, 0.25) is 5.02 Å². The second-order valence-electron chi connectivity index (χ2n) is 5.11. The van der Waals surface area contributed by atoms with Gasteiger partial charge in [-0.2, -0.15) is 0 Å². The molecule has 0 bridgehead atoms. The third-order valence-electron chi connectivity index (χ3n) is 3.44.